The van der Waals surface area contributed by atoms with Crippen LogP contribution in [0.15, 0.2) is 0 Å². The Morgan fingerprint density at radius 3 is 1.33 bits per heavy atom. The van der Waals surface area contributed by atoms with Gasteiger partial charge in [0.1, 0.15) is 0 Å². The molecule has 0 saturated heterocycles. The standard InChI is InChI=1S/C21H38O15/c1-8(34-2)15(20(30)31)10(18(26)27)6-13(36-4)16(21(32)33)11(19(28)29)5-12(35-3)9(17(24)25)7-14(22)23/h8-16,18-19,22-23,26-29H,5-7H2,1-4H3,(H,24,25)(H,30,31)(H,32,33). The number of ether oxygens (including phenoxy) is 3. The van der Waals surface area contributed by atoms with Gasteiger partial charge in [-0.1, -0.05) is 0 Å². The summed E-state index contributed by atoms with van der Waals surface area (Å²) >= 11 is 0. The van der Waals surface area contributed by atoms with Crippen molar-refractivity contribution in [2.24, 2.45) is 29.6 Å². The first-order valence-electron chi connectivity index (χ1n) is 11.0. The number of rotatable bonds is 19. The molecular weight excluding hydrogens is 492 g/mol. The van der Waals surface area contributed by atoms with Gasteiger partial charge in [0.2, 0.25) is 0 Å². The molecule has 8 unspecified atom stereocenters. The number of carboxylic acids is 3. The molecule has 212 valence electrons. The topological polar surface area (TPSA) is 261 Å². The molecule has 0 aromatic heterocycles. The van der Waals surface area contributed by atoms with E-state index < -0.39 is 104 Å². The average molecular weight is 531 g/mol. The molecule has 0 aliphatic heterocycles. The molecule has 0 aromatic carbocycles. The van der Waals surface area contributed by atoms with Gasteiger partial charge in [-0.05, 0) is 19.8 Å². The average Bonchev–Trinajstić information content (AvgIpc) is 2.77. The molecule has 15 nitrogen and oxygen atoms in total. The van der Waals surface area contributed by atoms with Crippen molar-refractivity contribution in [1.82, 2.24) is 0 Å². The van der Waals surface area contributed by atoms with Crippen LogP contribution >= 0.6 is 0 Å². The van der Waals surface area contributed by atoms with Crippen LogP contribution in [-0.2, 0) is 28.6 Å². The lowest BCUT2D eigenvalue weighted by Gasteiger charge is -2.37. The normalized spacial score (nSPS) is 18.9. The smallest absolute Gasteiger partial charge is 0.309 e. The molecule has 0 heterocycles. The number of aliphatic carboxylic acids is 3. The fraction of sp³-hybridized carbons (Fsp3) is 0.857. The number of aliphatic hydroxyl groups excluding tert-OH is 3. The van der Waals surface area contributed by atoms with E-state index in [1.54, 1.807) is 0 Å². The molecule has 0 aliphatic rings. The van der Waals surface area contributed by atoms with Crippen LogP contribution in [0.3, 0.4) is 0 Å². The Balaban J connectivity index is 6.33. The van der Waals surface area contributed by atoms with Crippen molar-refractivity contribution in [1.29, 1.82) is 0 Å². The monoisotopic (exact) mass is 530 g/mol. The molecule has 9 N–H and O–H groups in total. The molecule has 8 atom stereocenters. The first-order valence-corrected chi connectivity index (χ1v) is 11.0. The number of carboxylic acid groups (broad SMARTS) is 3. The summed E-state index contributed by atoms with van der Waals surface area (Å²) in [6, 6.07) is 0. The summed E-state index contributed by atoms with van der Waals surface area (Å²) in [4.78, 5) is 35.7. The van der Waals surface area contributed by atoms with Crippen LogP contribution < -0.4 is 0 Å². The highest BCUT2D eigenvalue weighted by molar-refractivity contribution is 5.72. The second kappa shape index (κ2) is 16.0. The highest BCUT2D eigenvalue weighted by atomic mass is 16.5. The van der Waals surface area contributed by atoms with Crippen LogP contribution in [0.25, 0.3) is 0 Å². The molecule has 0 amide bonds. The lowest BCUT2D eigenvalue weighted by molar-refractivity contribution is -0.183. The summed E-state index contributed by atoms with van der Waals surface area (Å²) < 4.78 is 15.3. The van der Waals surface area contributed by atoms with Gasteiger partial charge < -0.3 is 60.2 Å². The van der Waals surface area contributed by atoms with E-state index in [0.717, 1.165) is 14.2 Å². The molecule has 0 aromatic rings. The third kappa shape index (κ3) is 9.84. The van der Waals surface area contributed by atoms with E-state index in [9.17, 15) is 60.3 Å². The first-order chi connectivity index (χ1) is 16.6. The summed E-state index contributed by atoms with van der Waals surface area (Å²) in [5.41, 5.74) is 0. The van der Waals surface area contributed by atoms with Gasteiger partial charge in [-0.3, -0.25) is 14.4 Å². The minimum absolute atomic E-state index is 0.589. The predicted octanol–water partition coefficient (Wildman–Crippen LogP) is -2.51. The van der Waals surface area contributed by atoms with Crippen LogP contribution in [0.2, 0.25) is 0 Å². The van der Waals surface area contributed by atoms with Crippen molar-refractivity contribution in [3.05, 3.63) is 0 Å². The van der Waals surface area contributed by atoms with Gasteiger partial charge in [0.25, 0.3) is 0 Å². The maximum Gasteiger partial charge on any atom is 0.309 e. The van der Waals surface area contributed by atoms with Crippen molar-refractivity contribution in [3.8, 4) is 0 Å². The van der Waals surface area contributed by atoms with Crippen LogP contribution in [0.1, 0.15) is 26.2 Å². The van der Waals surface area contributed by atoms with Gasteiger partial charge in [0, 0.05) is 39.6 Å². The van der Waals surface area contributed by atoms with E-state index >= 15 is 0 Å². The quantitative estimate of drug-likeness (QED) is 0.0781. The summed E-state index contributed by atoms with van der Waals surface area (Å²) in [6.07, 6.45) is -12.5. The van der Waals surface area contributed by atoms with E-state index in [1.807, 2.05) is 0 Å². The third-order valence-corrected chi connectivity index (χ3v) is 6.38. The number of hydrogen-bond donors (Lipinski definition) is 9. The molecule has 0 radical (unpaired) electrons. The fourth-order valence-electron chi connectivity index (χ4n) is 4.39. The van der Waals surface area contributed by atoms with Gasteiger partial charge in [-0.2, -0.15) is 0 Å². The second-order valence-corrected chi connectivity index (χ2v) is 8.50. The van der Waals surface area contributed by atoms with Gasteiger partial charge in [0.05, 0.1) is 36.1 Å². The number of aliphatic hydroxyl groups is 6. The zero-order valence-electron chi connectivity index (χ0n) is 20.4. The summed E-state index contributed by atoms with van der Waals surface area (Å²) in [6.45, 7) is 1.36. The van der Waals surface area contributed by atoms with Crippen molar-refractivity contribution in [2.75, 3.05) is 21.3 Å². The largest absolute Gasteiger partial charge is 0.481 e. The third-order valence-electron chi connectivity index (χ3n) is 6.38. The summed E-state index contributed by atoms with van der Waals surface area (Å²) in [5, 5.41) is 87.2. The van der Waals surface area contributed by atoms with Gasteiger partial charge in [-0.15, -0.1) is 0 Å². The summed E-state index contributed by atoms with van der Waals surface area (Å²) in [7, 11) is 3.31. The molecule has 36 heavy (non-hydrogen) atoms. The maximum atomic E-state index is 12.2. The van der Waals surface area contributed by atoms with Crippen LogP contribution in [0, 0.1) is 29.6 Å². The maximum absolute atomic E-state index is 12.2. The fourth-order valence-corrected chi connectivity index (χ4v) is 4.39. The minimum Gasteiger partial charge on any atom is -0.481 e. The molecule has 0 fully saturated rings. The molecular formula is C21H38O15. The molecule has 0 spiro atoms. The van der Waals surface area contributed by atoms with E-state index in [-0.39, 0.29) is 0 Å². The van der Waals surface area contributed by atoms with Crippen molar-refractivity contribution < 1.29 is 74.6 Å². The van der Waals surface area contributed by atoms with E-state index in [1.165, 1.54) is 14.0 Å². The van der Waals surface area contributed by atoms with Crippen molar-refractivity contribution in [3.63, 3.8) is 0 Å². The Hall–Kier alpha value is -1.95. The minimum atomic E-state index is -2.36. The van der Waals surface area contributed by atoms with Crippen LogP contribution in [-0.4, -0.2) is 122 Å². The SMILES string of the molecule is COC(C)C(C(=O)O)C(CC(OC)C(C(=O)O)C(CC(OC)C(CC(O)O)C(=O)O)C(O)O)C(O)O. The van der Waals surface area contributed by atoms with E-state index in [4.69, 9.17) is 14.2 Å². The van der Waals surface area contributed by atoms with Gasteiger partial charge in [0.15, 0.2) is 18.9 Å². The van der Waals surface area contributed by atoms with Gasteiger partial charge in [-0.25, -0.2) is 0 Å². The molecule has 0 rings (SSSR count). The van der Waals surface area contributed by atoms with E-state index in [2.05, 4.69) is 0 Å². The molecule has 0 bridgehead atoms. The zero-order valence-corrected chi connectivity index (χ0v) is 20.4. The zero-order chi connectivity index (χ0) is 28.3. The summed E-state index contributed by atoms with van der Waals surface area (Å²) in [5.74, 6) is -12.7. The van der Waals surface area contributed by atoms with Crippen molar-refractivity contribution >= 4 is 17.9 Å². The number of hydrogen-bond acceptors (Lipinski definition) is 12. The Bertz CT molecular complexity index is 682. The lowest BCUT2D eigenvalue weighted by atomic mass is 9.75. The number of carbonyl (C=O) groups is 3. The Kier molecular flexibility index (Phi) is 15.1. The van der Waals surface area contributed by atoms with E-state index in [0.29, 0.717) is 0 Å². The Labute approximate surface area is 207 Å². The van der Waals surface area contributed by atoms with Gasteiger partial charge >= 0.3 is 17.9 Å². The Morgan fingerprint density at radius 2 is 1.03 bits per heavy atom. The number of methoxy groups -OCH3 is 3. The highest BCUT2D eigenvalue weighted by Gasteiger charge is 2.46. The molecule has 0 saturated carbocycles. The molecule has 15 heteroatoms. The lowest BCUT2D eigenvalue weighted by Crippen LogP contribution is -2.48. The molecule has 0 aliphatic carbocycles. The highest BCUT2D eigenvalue weighted by Crippen LogP contribution is 2.35. The Morgan fingerprint density at radius 1 is 0.611 bits per heavy atom. The first kappa shape index (κ1) is 34.0. The van der Waals surface area contributed by atoms with Crippen LogP contribution in [0.4, 0.5) is 0 Å². The van der Waals surface area contributed by atoms with Crippen LogP contribution in [0.5, 0.6) is 0 Å². The second-order valence-electron chi connectivity index (χ2n) is 8.50. The predicted molar refractivity (Wildman–Crippen MR) is 117 cm³/mol. The van der Waals surface area contributed by atoms with Crippen molar-refractivity contribution in [2.45, 2.75) is 63.4 Å².